The summed E-state index contributed by atoms with van der Waals surface area (Å²) in [5, 5.41) is 21.8. The fraction of sp³-hybridized carbons (Fsp3) is 0.167. The maximum absolute atomic E-state index is 12.5. The molecule has 3 aromatic carbocycles. The van der Waals surface area contributed by atoms with Crippen molar-refractivity contribution in [3.05, 3.63) is 95.6 Å². The minimum Gasteiger partial charge on any atom is -0.479 e. The Balaban J connectivity index is 1.50. The molecule has 30 heavy (non-hydrogen) atoms. The molecule has 0 bridgehead atoms. The molecule has 0 heterocycles. The van der Waals surface area contributed by atoms with Gasteiger partial charge in [-0.15, -0.1) is 0 Å². The van der Waals surface area contributed by atoms with Gasteiger partial charge in [0, 0.05) is 5.92 Å². The third-order valence-electron chi connectivity index (χ3n) is 5.34. The number of hydrogen-bond donors (Lipinski definition) is 3. The number of aliphatic hydroxyl groups excluding tert-OH is 1. The normalized spacial score (nSPS) is 14.3. The Kier molecular flexibility index (Phi) is 5.50. The van der Waals surface area contributed by atoms with Crippen LogP contribution in [0.3, 0.4) is 0 Å². The molecule has 4 rings (SSSR count). The van der Waals surface area contributed by atoms with Crippen molar-refractivity contribution in [1.29, 1.82) is 0 Å². The van der Waals surface area contributed by atoms with Crippen LogP contribution < -0.4 is 5.32 Å². The highest BCUT2D eigenvalue weighted by atomic mass is 16.5. The van der Waals surface area contributed by atoms with E-state index in [4.69, 9.17) is 4.74 Å². The van der Waals surface area contributed by atoms with Gasteiger partial charge in [-0.3, -0.25) is 0 Å². The van der Waals surface area contributed by atoms with E-state index in [-0.39, 0.29) is 12.5 Å². The first kappa shape index (κ1) is 19.7. The molecule has 0 radical (unpaired) electrons. The summed E-state index contributed by atoms with van der Waals surface area (Å²) in [5.41, 5.74) is 4.87. The van der Waals surface area contributed by atoms with Crippen LogP contribution in [0.15, 0.2) is 78.9 Å². The van der Waals surface area contributed by atoms with Crippen LogP contribution in [0.5, 0.6) is 0 Å². The lowest BCUT2D eigenvalue weighted by Crippen LogP contribution is -2.40. The predicted molar refractivity (Wildman–Crippen MR) is 111 cm³/mol. The molecular formula is C24H21NO5. The molecule has 0 aromatic heterocycles. The third kappa shape index (κ3) is 3.77. The van der Waals surface area contributed by atoms with E-state index in [0.29, 0.717) is 5.56 Å². The molecule has 6 heteroatoms. The van der Waals surface area contributed by atoms with Gasteiger partial charge in [-0.05, 0) is 27.8 Å². The zero-order valence-corrected chi connectivity index (χ0v) is 16.1. The van der Waals surface area contributed by atoms with Gasteiger partial charge >= 0.3 is 12.1 Å². The number of carboxylic acids is 1. The Labute approximate surface area is 173 Å². The minimum absolute atomic E-state index is 0.102. The van der Waals surface area contributed by atoms with Gasteiger partial charge in [0.2, 0.25) is 0 Å². The molecule has 6 nitrogen and oxygen atoms in total. The smallest absolute Gasteiger partial charge is 0.407 e. The van der Waals surface area contributed by atoms with Gasteiger partial charge in [0.05, 0.1) is 6.04 Å². The number of ether oxygens (including phenoxy) is 1. The number of benzene rings is 3. The number of fused-ring (bicyclic) bond motifs is 3. The lowest BCUT2D eigenvalue weighted by atomic mass is 9.98. The predicted octanol–water partition coefficient (Wildman–Crippen LogP) is 3.71. The molecular weight excluding hydrogens is 382 g/mol. The van der Waals surface area contributed by atoms with Crippen molar-refractivity contribution in [1.82, 2.24) is 5.32 Å². The lowest BCUT2D eigenvalue weighted by Gasteiger charge is -2.22. The second-order valence-electron chi connectivity index (χ2n) is 7.14. The topological polar surface area (TPSA) is 95.9 Å². The molecule has 1 aliphatic carbocycles. The Morgan fingerprint density at radius 2 is 1.40 bits per heavy atom. The van der Waals surface area contributed by atoms with Crippen LogP contribution in [0.4, 0.5) is 4.79 Å². The van der Waals surface area contributed by atoms with Crippen molar-refractivity contribution >= 4 is 12.1 Å². The summed E-state index contributed by atoms with van der Waals surface area (Å²) in [6, 6.07) is 23.3. The summed E-state index contributed by atoms with van der Waals surface area (Å²) in [6.07, 6.45) is -2.58. The van der Waals surface area contributed by atoms with E-state index in [2.05, 4.69) is 5.32 Å². The maximum Gasteiger partial charge on any atom is 0.407 e. The Morgan fingerprint density at radius 3 is 1.97 bits per heavy atom. The molecule has 0 aliphatic heterocycles. The van der Waals surface area contributed by atoms with E-state index < -0.39 is 24.2 Å². The van der Waals surface area contributed by atoms with Crippen molar-refractivity contribution in [3.8, 4) is 11.1 Å². The number of rotatable bonds is 6. The number of nitrogens with one attached hydrogen (secondary N) is 1. The molecule has 0 fully saturated rings. The number of amides is 1. The zero-order valence-electron chi connectivity index (χ0n) is 16.1. The SMILES string of the molecule is O=C(N[C@H](c1ccccc1)[C@@H](O)C(=O)O)OCC1c2ccccc2-c2ccccc21. The van der Waals surface area contributed by atoms with Crippen molar-refractivity contribution < 1.29 is 24.5 Å². The van der Waals surface area contributed by atoms with Crippen LogP contribution in [0, 0.1) is 0 Å². The highest BCUT2D eigenvalue weighted by molar-refractivity contribution is 5.79. The number of alkyl carbamates (subject to hydrolysis) is 1. The van der Waals surface area contributed by atoms with Gasteiger partial charge < -0.3 is 20.3 Å². The molecule has 1 aliphatic rings. The molecule has 0 unspecified atom stereocenters. The van der Waals surface area contributed by atoms with Gasteiger partial charge in [0.15, 0.2) is 6.10 Å². The fourth-order valence-electron chi connectivity index (χ4n) is 3.91. The van der Waals surface area contributed by atoms with E-state index in [9.17, 15) is 19.8 Å². The summed E-state index contributed by atoms with van der Waals surface area (Å²) in [5.74, 6) is -1.54. The first-order valence-electron chi connectivity index (χ1n) is 9.63. The lowest BCUT2D eigenvalue weighted by molar-refractivity contribution is -0.148. The number of aliphatic carboxylic acids is 1. The van der Waals surface area contributed by atoms with Gasteiger partial charge in [-0.25, -0.2) is 9.59 Å². The van der Waals surface area contributed by atoms with Crippen molar-refractivity contribution in [2.45, 2.75) is 18.1 Å². The van der Waals surface area contributed by atoms with E-state index >= 15 is 0 Å². The molecule has 0 saturated carbocycles. The van der Waals surface area contributed by atoms with Gasteiger partial charge in [-0.2, -0.15) is 0 Å². The molecule has 3 N–H and O–H groups in total. The maximum atomic E-state index is 12.5. The molecule has 2 atom stereocenters. The summed E-state index contributed by atoms with van der Waals surface area (Å²) < 4.78 is 5.47. The molecule has 1 amide bonds. The van der Waals surface area contributed by atoms with Crippen LogP contribution in [0.2, 0.25) is 0 Å². The van der Waals surface area contributed by atoms with Crippen LogP contribution in [-0.4, -0.2) is 35.0 Å². The van der Waals surface area contributed by atoms with E-state index in [1.807, 2.05) is 48.5 Å². The second-order valence-corrected chi connectivity index (χ2v) is 7.14. The minimum atomic E-state index is -1.80. The first-order chi connectivity index (χ1) is 14.6. The standard InChI is InChI=1S/C24H21NO5/c26-22(23(27)28)21(15-8-2-1-3-9-15)25-24(29)30-14-20-18-12-6-4-10-16(18)17-11-5-7-13-19(17)20/h1-13,20-22,26H,14H2,(H,25,29)(H,27,28)/t21-,22-/m1/s1. The van der Waals surface area contributed by atoms with Crippen molar-refractivity contribution in [2.24, 2.45) is 0 Å². The summed E-state index contributed by atoms with van der Waals surface area (Å²) in [7, 11) is 0. The number of carbonyl (C=O) groups is 2. The summed E-state index contributed by atoms with van der Waals surface area (Å²) in [6.45, 7) is 0.102. The number of carbonyl (C=O) groups excluding carboxylic acids is 1. The highest BCUT2D eigenvalue weighted by Crippen LogP contribution is 2.44. The van der Waals surface area contributed by atoms with Gasteiger partial charge in [0.1, 0.15) is 6.61 Å². The third-order valence-corrected chi connectivity index (χ3v) is 5.34. The summed E-state index contributed by atoms with van der Waals surface area (Å²) in [4.78, 5) is 23.8. The molecule has 152 valence electrons. The van der Waals surface area contributed by atoms with Crippen LogP contribution in [0.1, 0.15) is 28.7 Å². The van der Waals surface area contributed by atoms with E-state index in [1.165, 1.54) is 0 Å². The average molecular weight is 403 g/mol. The monoisotopic (exact) mass is 403 g/mol. The zero-order chi connectivity index (χ0) is 21.1. The van der Waals surface area contributed by atoms with Crippen molar-refractivity contribution in [3.63, 3.8) is 0 Å². The number of aliphatic hydroxyl groups is 1. The molecule has 3 aromatic rings. The Morgan fingerprint density at radius 1 is 0.867 bits per heavy atom. The van der Waals surface area contributed by atoms with Crippen molar-refractivity contribution in [2.75, 3.05) is 6.61 Å². The fourth-order valence-corrected chi connectivity index (χ4v) is 3.91. The van der Waals surface area contributed by atoms with Crippen LogP contribution >= 0.6 is 0 Å². The quantitative estimate of drug-likeness (QED) is 0.583. The molecule has 0 spiro atoms. The highest BCUT2D eigenvalue weighted by Gasteiger charge is 2.31. The molecule has 0 saturated heterocycles. The van der Waals surface area contributed by atoms with Gasteiger partial charge in [-0.1, -0.05) is 78.9 Å². The van der Waals surface area contributed by atoms with Crippen LogP contribution in [0.25, 0.3) is 11.1 Å². The first-order valence-corrected chi connectivity index (χ1v) is 9.63. The number of hydrogen-bond acceptors (Lipinski definition) is 4. The van der Waals surface area contributed by atoms with Crippen LogP contribution in [-0.2, 0) is 9.53 Å². The Bertz CT molecular complexity index is 1020. The Hall–Kier alpha value is -3.64. The van der Waals surface area contributed by atoms with E-state index in [1.54, 1.807) is 30.3 Å². The van der Waals surface area contributed by atoms with Gasteiger partial charge in [0.25, 0.3) is 0 Å². The summed E-state index contributed by atoms with van der Waals surface area (Å²) >= 11 is 0. The average Bonchev–Trinajstić information content (AvgIpc) is 3.10. The number of carboxylic acid groups (broad SMARTS) is 1. The largest absolute Gasteiger partial charge is 0.479 e. The second kappa shape index (κ2) is 8.39. The van der Waals surface area contributed by atoms with E-state index in [0.717, 1.165) is 22.3 Å².